The second-order valence-electron chi connectivity index (χ2n) is 7.96. The summed E-state index contributed by atoms with van der Waals surface area (Å²) >= 11 is 0. The van der Waals surface area contributed by atoms with Crippen LogP contribution in [0.25, 0.3) is 0 Å². The maximum Gasteiger partial charge on any atom is 0.229 e. The van der Waals surface area contributed by atoms with Gasteiger partial charge < -0.3 is 20.5 Å². The van der Waals surface area contributed by atoms with Gasteiger partial charge in [-0.15, -0.1) is 0 Å². The average molecular weight is 463 g/mol. The number of carbonyl (C=O) groups is 1. The van der Waals surface area contributed by atoms with E-state index >= 15 is 0 Å². The van der Waals surface area contributed by atoms with Crippen LogP contribution in [0.4, 0.5) is 11.4 Å². The van der Waals surface area contributed by atoms with E-state index in [1.807, 2.05) is 12.1 Å². The molecule has 1 aliphatic heterocycles. The smallest absolute Gasteiger partial charge is 0.229 e. The number of piperazine rings is 1. The molecule has 0 bridgehead atoms. The second kappa shape index (κ2) is 10.7. The summed E-state index contributed by atoms with van der Waals surface area (Å²) in [5.74, 6) is 0.256. The lowest BCUT2D eigenvalue weighted by atomic mass is 10.1. The van der Waals surface area contributed by atoms with Gasteiger partial charge in [0.25, 0.3) is 0 Å². The van der Waals surface area contributed by atoms with Crippen LogP contribution in [0, 0.1) is 0 Å². The van der Waals surface area contributed by atoms with Crippen molar-refractivity contribution >= 4 is 27.3 Å². The van der Waals surface area contributed by atoms with Gasteiger partial charge in [-0.2, -0.15) is 0 Å². The van der Waals surface area contributed by atoms with E-state index in [1.165, 1.54) is 0 Å². The number of hydrogen-bond acceptors (Lipinski definition) is 7. The van der Waals surface area contributed by atoms with E-state index < -0.39 is 16.1 Å². The first kappa shape index (κ1) is 23.8. The van der Waals surface area contributed by atoms with Crippen LogP contribution >= 0.6 is 0 Å². The molecule has 2 aromatic rings. The van der Waals surface area contributed by atoms with E-state index in [0.717, 1.165) is 43.7 Å². The van der Waals surface area contributed by atoms with Crippen molar-refractivity contribution in [2.45, 2.75) is 12.5 Å². The number of hydrogen-bond donors (Lipinski definition) is 3. The SMILES string of the molecule is CS(=O)(=O)Nc1ccc(N2CCN(CC(O)COc3ccc(CC(N)=O)cc3)CC2)cc1. The van der Waals surface area contributed by atoms with E-state index in [-0.39, 0.29) is 18.9 Å². The molecule has 1 amide bonds. The number of aliphatic hydroxyl groups excluding tert-OH is 1. The van der Waals surface area contributed by atoms with Crippen molar-refractivity contribution < 1.29 is 23.1 Å². The third-order valence-electron chi connectivity index (χ3n) is 5.12. The van der Waals surface area contributed by atoms with Crippen molar-refractivity contribution in [1.82, 2.24) is 4.90 Å². The van der Waals surface area contributed by atoms with Gasteiger partial charge in [-0.25, -0.2) is 8.42 Å². The lowest BCUT2D eigenvalue weighted by molar-refractivity contribution is -0.117. The van der Waals surface area contributed by atoms with Gasteiger partial charge in [-0.1, -0.05) is 12.1 Å². The lowest BCUT2D eigenvalue weighted by Crippen LogP contribution is -2.49. The number of aliphatic hydroxyl groups is 1. The fourth-order valence-electron chi connectivity index (χ4n) is 3.59. The Labute approximate surface area is 188 Å². The molecule has 3 rings (SSSR count). The molecule has 9 nitrogen and oxygen atoms in total. The highest BCUT2D eigenvalue weighted by molar-refractivity contribution is 7.92. The molecular formula is C22H30N4O5S. The maximum absolute atomic E-state index is 11.3. The van der Waals surface area contributed by atoms with Gasteiger partial charge in [0.1, 0.15) is 18.5 Å². The Balaban J connectivity index is 1.40. The molecule has 0 aliphatic carbocycles. The predicted molar refractivity (Wildman–Crippen MR) is 124 cm³/mol. The molecule has 32 heavy (non-hydrogen) atoms. The molecule has 2 aromatic carbocycles. The molecule has 4 N–H and O–H groups in total. The minimum absolute atomic E-state index is 0.185. The van der Waals surface area contributed by atoms with Crippen LogP contribution in [0.5, 0.6) is 5.75 Å². The molecule has 174 valence electrons. The Morgan fingerprint density at radius 3 is 2.28 bits per heavy atom. The summed E-state index contributed by atoms with van der Waals surface area (Å²) in [6.45, 7) is 3.95. The van der Waals surface area contributed by atoms with E-state index in [1.54, 1.807) is 36.4 Å². The van der Waals surface area contributed by atoms with Gasteiger partial charge in [0.2, 0.25) is 15.9 Å². The van der Waals surface area contributed by atoms with Gasteiger partial charge in [-0.3, -0.25) is 14.4 Å². The summed E-state index contributed by atoms with van der Waals surface area (Å²) in [6, 6.07) is 14.4. The van der Waals surface area contributed by atoms with Crippen LogP contribution in [0.2, 0.25) is 0 Å². The number of carbonyl (C=O) groups excluding carboxylic acids is 1. The molecule has 0 aromatic heterocycles. The van der Waals surface area contributed by atoms with Crippen molar-refractivity contribution in [2.75, 3.05) is 55.2 Å². The number of ether oxygens (including phenoxy) is 1. The highest BCUT2D eigenvalue weighted by Crippen LogP contribution is 2.20. The number of amides is 1. The Morgan fingerprint density at radius 2 is 1.72 bits per heavy atom. The molecule has 1 saturated heterocycles. The van der Waals surface area contributed by atoms with E-state index in [4.69, 9.17) is 10.5 Å². The molecule has 0 saturated carbocycles. The van der Waals surface area contributed by atoms with Gasteiger partial charge in [-0.05, 0) is 42.0 Å². The number of nitrogens with one attached hydrogen (secondary N) is 1. The maximum atomic E-state index is 11.3. The number of primary amides is 1. The fraction of sp³-hybridized carbons (Fsp3) is 0.409. The highest BCUT2D eigenvalue weighted by atomic mass is 32.2. The number of sulfonamides is 1. The van der Waals surface area contributed by atoms with Crippen molar-refractivity contribution in [3.63, 3.8) is 0 Å². The number of anilines is 2. The third kappa shape index (κ3) is 7.70. The van der Waals surface area contributed by atoms with Gasteiger partial charge in [0.05, 0.1) is 12.7 Å². The summed E-state index contributed by atoms with van der Waals surface area (Å²) in [7, 11) is -3.28. The van der Waals surface area contributed by atoms with Crippen LogP contribution in [-0.2, 0) is 21.2 Å². The molecular weight excluding hydrogens is 432 g/mol. The zero-order valence-electron chi connectivity index (χ0n) is 18.1. The zero-order chi connectivity index (χ0) is 23.1. The molecule has 0 spiro atoms. The molecule has 1 heterocycles. The van der Waals surface area contributed by atoms with Crippen LogP contribution in [0.15, 0.2) is 48.5 Å². The third-order valence-corrected chi connectivity index (χ3v) is 5.73. The normalized spacial score (nSPS) is 15.9. The summed E-state index contributed by atoms with van der Waals surface area (Å²) in [4.78, 5) is 15.4. The standard InChI is InChI=1S/C22H30N4O5S/c1-32(29,30)24-18-4-6-19(7-5-18)26-12-10-25(11-13-26)15-20(27)16-31-21-8-2-17(3-9-21)14-22(23)28/h2-9,20,24,27H,10-16H2,1H3,(H2,23,28). The molecule has 10 heteroatoms. The van der Waals surface area contributed by atoms with Crippen LogP contribution in [-0.4, -0.2) is 76.0 Å². The van der Waals surface area contributed by atoms with E-state index in [0.29, 0.717) is 18.0 Å². The quantitative estimate of drug-likeness (QED) is 0.473. The lowest BCUT2D eigenvalue weighted by Gasteiger charge is -2.36. The van der Waals surface area contributed by atoms with E-state index in [2.05, 4.69) is 14.5 Å². The summed E-state index contributed by atoms with van der Waals surface area (Å²) in [5.41, 5.74) is 7.58. The number of benzene rings is 2. The van der Waals surface area contributed by atoms with Crippen LogP contribution < -0.4 is 20.1 Å². The number of β-amino-alcohol motifs (C(OH)–C–C–N with tert-alkyl or cyclic N) is 1. The van der Waals surface area contributed by atoms with Gasteiger partial charge in [0, 0.05) is 44.1 Å². The van der Waals surface area contributed by atoms with Crippen LogP contribution in [0.1, 0.15) is 5.56 Å². The monoisotopic (exact) mass is 462 g/mol. The predicted octanol–water partition coefficient (Wildman–Crippen LogP) is 0.648. The number of rotatable bonds is 10. The number of nitrogens with two attached hydrogens (primary N) is 1. The van der Waals surface area contributed by atoms with Crippen molar-refractivity contribution in [3.05, 3.63) is 54.1 Å². The Hall–Kier alpha value is -2.82. The average Bonchev–Trinajstić information content (AvgIpc) is 2.73. The Morgan fingerprint density at radius 1 is 1.09 bits per heavy atom. The van der Waals surface area contributed by atoms with E-state index in [9.17, 15) is 18.3 Å². The topological polar surface area (TPSA) is 125 Å². The molecule has 1 fully saturated rings. The molecule has 0 radical (unpaired) electrons. The first-order valence-electron chi connectivity index (χ1n) is 10.4. The van der Waals surface area contributed by atoms with Gasteiger partial charge >= 0.3 is 0 Å². The van der Waals surface area contributed by atoms with Crippen molar-refractivity contribution in [1.29, 1.82) is 0 Å². The first-order valence-corrected chi connectivity index (χ1v) is 12.3. The summed E-state index contributed by atoms with van der Waals surface area (Å²) in [6.07, 6.45) is 0.700. The Bertz CT molecular complexity index is 988. The largest absolute Gasteiger partial charge is 0.491 e. The minimum atomic E-state index is -3.28. The van der Waals surface area contributed by atoms with Crippen molar-refractivity contribution in [3.8, 4) is 5.75 Å². The molecule has 1 aliphatic rings. The molecule has 1 atom stereocenters. The summed E-state index contributed by atoms with van der Waals surface area (Å²) < 4.78 is 30.7. The first-order chi connectivity index (χ1) is 15.2. The minimum Gasteiger partial charge on any atom is -0.491 e. The van der Waals surface area contributed by atoms with Gasteiger partial charge in [0.15, 0.2) is 0 Å². The zero-order valence-corrected chi connectivity index (χ0v) is 18.9. The Kier molecular flexibility index (Phi) is 7.94. The van der Waals surface area contributed by atoms with Crippen molar-refractivity contribution in [2.24, 2.45) is 5.73 Å². The summed E-state index contributed by atoms with van der Waals surface area (Å²) in [5, 5.41) is 10.3. The molecule has 1 unspecified atom stereocenters. The number of nitrogens with zero attached hydrogens (tertiary/aromatic N) is 2. The highest BCUT2D eigenvalue weighted by Gasteiger charge is 2.20. The van der Waals surface area contributed by atoms with Crippen LogP contribution in [0.3, 0.4) is 0 Å². The second-order valence-corrected chi connectivity index (χ2v) is 9.71. The fourth-order valence-corrected chi connectivity index (χ4v) is 4.16.